The summed E-state index contributed by atoms with van der Waals surface area (Å²) >= 11 is 0. The number of aromatic nitrogens is 4. The Bertz CT molecular complexity index is 1410. The second kappa shape index (κ2) is 12.3. The topological polar surface area (TPSA) is 351 Å². The van der Waals surface area contributed by atoms with Crippen molar-refractivity contribution in [3.8, 4) is 0 Å². The second-order valence-electron chi connectivity index (χ2n) is 8.67. The lowest BCUT2D eigenvalue weighted by molar-refractivity contribution is -0.142. The fourth-order valence-corrected chi connectivity index (χ4v) is 6.99. The Labute approximate surface area is 224 Å². The van der Waals surface area contributed by atoms with Gasteiger partial charge in [0, 0.05) is 6.42 Å². The number of fused-ring (bicyclic) bond motifs is 1. The van der Waals surface area contributed by atoms with Crippen LogP contribution in [0.5, 0.6) is 0 Å². The molecule has 2 aromatic rings. The Morgan fingerprint density at radius 1 is 1.02 bits per heavy atom. The van der Waals surface area contributed by atoms with E-state index in [9.17, 15) is 38.5 Å². The van der Waals surface area contributed by atoms with Gasteiger partial charge < -0.3 is 46.0 Å². The molecule has 1 fully saturated rings. The molecule has 21 nitrogen and oxygen atoms in total. The van der Waals surface area contributed by atoms with Crippen LogP contribution in [-0.4, -0.2) is 80.8 Å². The predicted octanol–water partition coefficient (Wildman–Crippen LogP) is -2.20. The molecule has 3 rings (SSSR count). The summed E-state index contributed by atoms with van der Waals surface area (Å²) in [7, 11) is -17.0. The van der Waals surface area contributed by atoms with Gasteiger partial charge in [0.25, 0.3) is 5.56 Å². The van der Waals surface area contributed by atoms with Gasteiger partial charge in [-0.05, 0) is 19.4 Å². The van der Waals surface area contributed by atoms with Crippen molar-refractivity contribution in [3.05, 3.63) is 16.2 Å². The van der Waals surface area contributed by atoms with Gasteiger partial charge in [-0.1, -0.05) is 12.8 Å². The van der Waals surface area contributed by atoms with Gasteiger partial charge in [0.2, 0.25) is 11.8 Å². The number of phosphoric acid groups is 3. The van der Waals surface area contributed by atoms with E-state index in [2.05, 4.69) is 28.1 Å². The lowest BCUT2D eigenvalue weighted by Gasteiger charge is -2.30. The van der Waals surface area contributed by atoms with Crippen LogP contribution in [-0.2, 0) is 43.8 Å². The van der Waals surface area contributed by atoms with Crippen LogP contribution in [0.2, 0.25) is 0 Å². The number of hydrogen-bond acceptors (Lipinski definition) is 15. The number of aliphatic hydroxyl groups is 2. The average molecular weight is 637 g/mol. The molecule has 2 unspecified atom stereocenters. The van der Waals surface area contributed by atoms with Crippen LogP contribution in [0.15, 0.2) is 4.79 Å². The van der Waals surface area contributed by atoms with Gasteiger partial charge >= 0.3 is 23.5 Å². The minimum Gasteiger partial charge on any atom is -0.387 e. The molecule has 1 saturated heterocycles. The number of phosphoric ester groups is 1. The molecule has 1 aliphatic heterocycles. The first-order valence-electron chi connectivity index (χ1n) is 11.5. The van der Waals surface area contributed by atoms with Crippen LogP contribution in [0.4, 0.5) is 5.95 Å². The number of nitrogen functional groups attached to an aromatic ring is 1. The molecule has 0 saturated carbocycles. The summed E-state index contributed by atoms with van der Waals surface area (Å²) in [5, 5.41) is 21.4. The van der Waals surface area contributed by atoms with Crippen molar-refractivity contribution in [2.24, 2.45) is 11.5 Å². The van der Waals surface area contributed by atoms with Crippen LogP contribution >= 0.6 is 23.5 Å². The Morgan fingerprint density at radius 2 is 1.68 bits per heavy atom. The van der Waals surface area contributed by atoms with E-state index in [1.54, 1.807) is 0 Å². The van der Waals surface area contributed by atoms with Gasteiger partial charge in [-0.15, -0.1) is 0 Å². The SMILES string of the molecule is NCCCCCCc1nc2c(=O)[nH]c(N)nc2n1[C@]1(N)O[C@H](COP(=O)(O)OP(=O)(O)OP(=O)(O)O)[C@@H](O)[C@H]1O. The van der Waals surface area contributed by atoms with Crippen LogP contribution < -0.4 is 22.8 Å². The number of ether oxygens (including phenoxy) is 1. The summed E-state index contributed by atoms with van der Waals surface area (Å²) in [6.45, 7) is -0.610. The standard InChI is InChI=1S/C16H30N7O14P3/c17-6-4-2-1-3-5-9-20-10-13(21-15(18)22-14(10)26)23(9)16(19)12(25)11(24)8(35-16)7-34-39(30,31)37-40(32,33)36-38(27,28)29/h8,11-12,24-25H,1-7,17,19H2,(H,30,31)(H,32,33)(H2,27,28,29)(H3,18,21,22,26)/t8-,11-,12-,16+/m1/s1. The number of H-pyrrole nitrogens is 1. The molecule has 0 radical (unpaired) electrons. The van der Waals surface area contributed by atoms with Crippen molar-refractivity contribution in [1.82, 2.24) is 19.5 Å². The number of imidazole rings is 1. The van der Waals surface area contributed by atoms with Crippen LogP contribution in [0.25, 0.3) is 11.2 Å². The Balaban J connectivity index is 1.87. The summed E-state index contributed by atoms with van der Waals surface area (Å²) in [4.78, 5) is 59.2. The quantitative estimate of drug-likeness (QED) is 0.0775. The van der Waals surface area contributed by atoms with Gasteiger partial charge in [0.05, 0.1) is 6.61 Å². The first-order valence-corrected chi connectivity index (χ1v) is 16.0. The van der Waals surface area contributed by atoms with E-state index in [4.69, 9.17) is 31.7 Å². The van der Waals surface area contributed by atoms with E-state index in [0.717, 1.165) is 23.8 Å². The predicted molar refractivity (Wildman–Crippen MR) is 133 cm³/mol. The molecule has 0 aromatic carbocycles. The maximum absolute atomic E-state index is 12.5. The summed E-state index contributed by atoms with van der Waals surface area (Å²) in [5.41, 5.74) is 16.4. The van der Waals surface area contributed by atoms with Crippen LogP contribution in [0.1, 0.15) is 31.5 Å². The maximum Gasteiger partial charge on any atom is 0.490 e. The molecular formula is C16H30N7O14P3. The number of nitrogens with one attached hydrogen (secondary N) is 1. The summed E-state index contributed by atoms with van der Waals surface area (Å²) in [6.07, 6.45) is -2.57. The van der Waals surface area contributed by atoms with E-state index in [-0.39, 0.29) is 29.4 Å². The van der Waals surface area contributed by atoms with E-state index >= 15 is 0 Å². The highest BCUT2D eigenvalue weighted by Crippen LogP contribution is 2.66. The molecule has 0 aliphatic carbocycles. The molecule has 3 heterocycles. The van der Waals surface area contributed by atoms with Gasteiger partial charge in [0.15, 0.2) is 11.2 Å². The largest absolute Gasteiger partial charge is 0.490 e. The van der Waals surface area contributed by atoms with Crippen molar-refractivity contribution in [2.75, 3.05) is 18.9 Å². The highest BCUT2D eigenvalue weighted by atomic mass is 31.3. The number of hydrogen-bond donors (Lipinski definition) is 10. The third kappa shape index (κ3) is 7.80. The third-order valence-corrected chi connectivity index (χ3v) is 9.40. The van der Waals surface area contributed by atoms with Gasteiger partial charge in [-0.25, -0.2) is 18.7 Å². The number of aryl methyl sites for hydroxylation is 1. The number of rotatable bonds is 14. The molecule has 1 aliphatic rings. The highest BCUT2D eigenvalue weighted by Gasteiger charge is 2.55. The molecule has 0 spiro atoms. The molecule has 2 aromatic heterocycles. The number of unbranched alkanes of at least 4 members (excludes halogenated alkanes) is 3. The number of nitrogens with two attached hydrogens (primary N) is 3. The normalized spacial score (nSPS) is 26.6. The minimum atomic E-state index is -5.80. The maximum atomic E-state index is 12.5. The lowest BCUT2D eigenvalue weighted by atomic mass is 10.1. The van der Waals surface area contributed by atoms with Crippen molar-refractivity contribution in [1.29, 1.82) is 0 Å². The second-order valence-corrected chi connectivity index (χ2v) is 13.1. The first kappa shape index (κ1) is 32.9. The first-order chi connectivity index (χ1) is 18.4. The van der Waals surface area contributed by atoms with Crippen molar-refractivity contribution in [3.63, 3.8) is 0 Å². The van der Waals surface area contributed by atoms with E-state index in [0.29, 0.717) is 13.0 Å². The molecule has 13 N–H and O–H groups in total. The zero-order valence-electron chi connectivity index (χ0n) is 20.5. The Morgan fingerprint density at radius 3 is 2.30 bits per heavy atom. The highest BCUT2D eigenvalue weighted by molar-refractivity contribution is 7.66. The monoisotopic (exact) mass is 637 g/mol. The Kier molecular flexibility index (Phi) is 10.1. The van der Waals surface area contributed by atoms with E-state index in [1.807, 2.05) is 0 Å². The van der Waals surface area contributed by atoms with Crippen LogP contribution in [0, 0.1) is 0 Å². The van der Waals surface area contributed by atoms with E-state index < -0.39 is 59.8 Å². The zero-order chi connectivity index (χ0) is 30.1. The van der Waals surface area contributed by atoms with Gasteiger partial charge in [-0.2, -0.15) is 13.6 Å². The molecule has 0 bridgehead atoms. The molecule has 228 valence electrons. The smallest absolute Gasteiger partial charge is 0.387 e. The van der Waals surface area contributed by atoms with Crippen molar-refractivity contribution < 1.29 is 61.4 Å². The molecule has 24 heteroatoms. The Hall–Kier alpha value is -1.64. The average Bonchev–Trinajstić information content (AvgIpc) is 3.26. The fourth-order valence-electron chi connectivity index (χ4n) is 3.96. The van der Waals surface area contributed by atoms with Gasteiger partial charge in [-0.3, -0.25) is 24.6 Å². The fraction of sp³-hybridized carbons (Fsp3) is 0.688. The number of nitrogens with zero attached hydrogens (tertiary/aromatic N) is 3. The van der Waals surface area contributed by atoms with Crippen LogP contribution in [0.3, 0.4) is 0 Å². The molecular weight excluding hydrogens is 607 g/mol. The molecule has 0 amide bonds. The summed E-state index contributed by atoms with van der Waals surface area (Å²) in [5.74, 6) is -2.60. The van der Waals surface area contributed by atoms with Crippen molar-refractivity contribution in [2.45, 2.75) is 56.3 Å². The van der Waals surface area contributed by atoms with Crippen molar-refractivity contribution >= 4 is 40.6 Å². The summed E-state index contributed by atoms with van der Waals surface area (Å²) in [6, 6.07) is 0. The minimum absolute atomic E-state index is 0.119. The number of anilines is 1. The number of aromatic amines is 1. The van der Waals surface area contributed by atoms with Gasteiger partial charge in [0.1, 0.15) is 24.1 Å². The third-order valence-electron chi connectivity index (χ3n) is 5.60. The van der Waals surface area contributed by atoms with E-state index in [1.165, 1.54) is 0 Å². The summed E-state index contributed by atoms with van der Waals surface area (Å²) < 4.78 is 52.8. The molecule has 40 heavy (non-hydrogen) atoms. The zero-order valence-corrected chi connectivity index (χ0v) is 23.2. The lowest BCUT2D eigenvalue weighted by Crippen LogP contribution is -2.53. The molecule has 6 atom stereocenters. The number of aliphatic hydroxyl groups excluding tert-OH is 2.